The van der Waals surface area contributed by atoms with Gasteiger partial charge >= 0.3 is 0 Å². The maximum atomic E-state index is 11.4. The number of carbonyl (C=O) groups is 1. The number of guanidine groups is 1. The first-order chi connectivity index (χ1) is 10.2. The highest BCUT2D eigenvalue weighted by molar-refractivity contribution is 14.0. The maximum Gasteiger partial charge on any atom is 0.251 e. The van der Waals surface area contributed by atoms with Crippen LogP contribution >= 0.6 is 24.0 Å². The van der Waals surface area contributed by atoms with Gasteiger partial charge in [0, 0.05) is 19.2 Å². The predicted octanol–water partition coefficient (Wildman–Crippen LogP) is 2.65. The number of hydrogen-bond acceptors (Lipinski definition) is 2. The van der Waals surface area contributed by atoms with Crippen molar-refractivity contribution >= 4 is 35.8 Å². The van der Waals surface area contributed by atoms with Crippen LogP contribution in [0.5, 0.6) is 0 Å². The van der Waals surface area contributed by atoms with E-state index < -0.39 is 0 Å². The van der Waals surface area contributed by atoms with E-state index in [1.54, 1.807) is 19.2 Å². The van der Waals surface area contributed by atoms with Gasteiger partial charge in [0.15, 0.2) is 5.96 Å². The summed E-state index contributed by atoms with van der Waals surface area (Å²) in [6.07, 6.45) is 4.83. The molecule has 0 aromatic heterocycles. The van der Waals surface area contributed by atoms with E-state index in [1.807, 2.05) is 12.1 Å². The van der Waals surface area contributed by atoms with Gasteiger partial charge in [-0.3, -0.25) is 4.79 Å². The van der Waals surface area contributed by atoms with Crippen LogP contribution in [0.1, 0.15) is 48.5 Å². The first-order valence-corrected chi connectivity index (χ1v) is 7.52. The van der Waals surface area contributed by atoms with Gasteiger partial charge in [0.25, 0.3) is 5.91 Å². The number of hydrogen-bond donors (Lipinski definition) is 3. The molecule has 0 saturated heterocycles. The minimum Gasteiger partial charge on any atom is -0.370 e. The van der Waals surface area contributed by atoms with Crippen LogP contribution in [0.3, 0.4) is 0 Å². The molecular formula is C16H27IN4O. The Bertz CT molecular complexity index is 460. The van der Waals surface area contributed by atoms with Crippen molar-refractivity contribution in [2.45, 2.75) is 39.2 Å². The fourth-order valence-corrected chi connectivity index (χ4v) is 1.91. The fraction of sp³-hybridized carbons (Fsp3) is 0.500. The molecule has 0 aliphatic heterocycles. The molecule has 0 spiro atoms. The number of carbonyl (C=O) groups excluding carboxylic acids is 1. The minimum absolute atomic E-state index is 0. The van der Waals surface area contributed by atoms with E-state index >= 15 is 0 Å². The molecule has 0 aliphatic rings. The van der Waals surface area contributed by atoms with Gasteiger partial charge in [0.05, 0.1) is 6.54 Å². The van der Waals surface area contributed by atoms with Crippen molar-refractivity contribution in [3.8, 4) is 0 Å². The van der Waals surface area contributed by atoms with Gasteiger partial charge in [0.1, 0.15) is 0 Å². The molecule has 1 aromatic carbocycles. The largest absolute Gasteiger partial charge is 0.370 e. The summed E-state index contributed by atoms with van der Waals surface area (Å²) in [6, 6.07) is 7.36. The quantitative estimate of drug-likeness (QED) is 0.263. The molecule has 4 N–H and O–H groups in total. The van der Waals surface area contributed by atoms with Crippen LogP contribution in [-0.4, -0.2) is 25.5 Å². The Morgan fingerprint density at radius 2 is 1.86 bits per heavy atom. The number of amides is 1. The van der Waals surface area contributed by atoms with Gasteiger partial charge in [-0.15, -0.1) is 24.0 Å². The minimum atomic E-state index is -0.0849. The van der Waals surface area contributed by atoms with Crippen molar-refractivity contribution in [1.82, 2.24) is 10.6 Å². The van der Waals surface area contributed by atoms with E-state index in [-0.39, 0.29) is 29.9 Å². The number of nitrogens with one attached hydrogen (secondary N) is 2. The lowest BCUT2D eigenvalue weighted by Crippen LogP contribution is -2.32. The Morgan fingerprint density at radius 1 is 1.18 bits per heavy atom. The SMILES string of the molecule is CCCCCCNC(N)=NCc1ccc(C(=O)NC)cc1.I. The number of unbranched alkanes of at least 4 members (excludes halogenated alkanes) is 3. The van der Waals surface area contributed by atoms with E-state index in [9.17, 15) is 4.79 Å². The Balaban J connectivity index is 0.00000441. The van der Waals surface area contributed by atoms with E-state index in [4.69, 9.17) is 5.73 Å². The van der Waals surface area contributed by atoms with E-state index in [2.05, 4.69) is 22.5 Å². The molecule has 0 aliphatic carbocycles. The van der Waals surface area contributed by atoms with Crippen LogP contribution in [-0.2, 0) is 6.54 Å². The lowest BCUT2D eigenvalue weighted by Gasteiger charge is -2.05. The monoisotopic (exact) mass is 418 g/mol. The summed E-state index contributed by atoms with van der Waals surface area (Å²) in [5.41, 5.74) is 7.48. The Morgan fingerprint density at radius 3 is 2.45 bits per heavy atom. The topological polar surface area (TPSA) is 79.5 Å². The van der Waals surface area contributed by atoms with Crippen LogP contribution < -0.4 is 16.4 Å². The molecule has 0 fully saturated rings. The van der Waals surface area contributed by atoms with Crippen LogP contribution in [0.4, 0.5) is 0 Å². The van der Waals surface area contributed by atoms with Gasteiger partial charge < -0.3 is 16.4 Å². The summed E-state index contributed by atoms with van der Waals surface area (Å²) in [5, 5.41) is 5.71. The Hall–Kier alpha value is -1.31. The zero-order valence-electron chi connectivity index (χ0n) is 13.4. The molecule has 0 radical (unpaired) electrons. The van der Waals surface area contributed by atoms with Crippen LogP contribution in [0.25, 0.3) is 0 Å². The maximum absolute atomic E-state index is 11.4. The molecule has 124 valence electrons. The molecule has 0 atom stereocenters. The molecule has 22 heavy (non-hydrogen) atoms. The van der Waals surface area contributed by atoms with Crippen molar-refractivity contribution in [1.29, 1.82) is 0 Å². The van der Waals surface area contributed by atoms with Crippen molar-refractivity contribution in [3.63, 3.8) is 0 Å². The molecule has 0 heterocycles. The Labute approximate surface area is 150 Å². The molecule has 1 aromatic rings. The molecule has 0 bridgehead atoms. The predicted molar refractivity (Wildman–Crippen MR) is 103 cm³/mol. The zero-order chi connectivity index (χ0) is 15.5. The lowest BCUT2D eigenvalue weighted by atomic mass is 10.1. The third kappa shape index (κ3) is 8.21. The van der Waals surface area contributed by atoms with Crippen molar-refractivity contribution < 1.29 is 4.79 Å². The zero-order valence-corrected chi connectivity index (χ0v) is 15.7. The molecule has 5 nitrogen and oxygen atoms in total. The third-order valence-electron chi connectivity index (χ3n) is 3.21. The number of rotatable bonds is 8. The van der Waals surface area contributed by atoms with Gasteiger partial charge in [-0.05, 0) is 24.1 Å². The molecule has 0 unspecified atom stereocenters. The van der Waals surface area contributed by atoms with Crippen LogP contribution in [0.15, 0.2) is 29.3 Å². The number of aliphatic imine (C=N–C) groups is 1. The average Bonchev–Trinajstić information content (AvgIpc) is 2.52. The Kier molecular flexibility index (Phi) is 11.5. The summed E-state index contributed by atoms with van der Waals surface area (Å²) in [6.45, 7) is 3.57. The number of nitrogens with two attached hydrogens (primary N) is 1. The summed E-state index contributed by atoms with van der Waals surface area (Å²) < 4.78 is 0. The van der Waals surface area contributed by atoms with E-state index in [0.29, 0.717) is 18.1 Å². The van der Waals surface area contributed by atoms with Crippen molar-refractivity contribution in [3.05, 3.63) is 35.4 Å². The van der Waals surface area contributed by atoms with Crippen LogP contribution in [0, 0.1) is 0 Å². The second-order valence-corrected chi connectivity index (χ2v) is 4.96. The van der Waals surface area contributed by atoms with Crippen LogP contribution in [0.2, 0.25) is 0 Å². The van der Waals surface area contributed by atoms with E-state index in [0.717, 1.165) is 18.5 Å². The number of halogens is 1. The van der Waals surface area contributed by atoms with Crippen molar-refractivity contribution in [2.75, 3.05) is 13.6 Å². The summed E-state index contributed by atoms with van der Waals surface area (Å²) in [5.74, 6) is 0.389. The number of nitrogens with zero attached hydrogens (tertiary/aromatic N) is 1. The highest BCUT2D eigenvalue weighted by Gasteiger charge is 2.01. The smallest absolute Gasteiger partial charge is 0.251 e. The first kappa shape index (κ1) is 20.7. The number of benzene rings is 1. The standard InChI is InChI=1S/C16H26N4O.HI/c1-3-4-5-6-11-19-16(17)20-12-13-7-9-14(10-8-13)15(21)18-2;/h7-10H,3-6,11-12H2,1-2H3,(H,18,21)(H3,17,19,20);1H. The highest BCUT2D eigenvalue weighted by Crippen LogP contribution is 2.05. The molecule has 0 saturated carbocycles. The van der Waals surface area contributed by atoms with Gasteiger partial charge in [0.2, 0.25) is 0 Å². The summed E-state index contributed by atoms with van der Waals surface area (Å²) in [4.78, 5) is 15.7. The van der Waals surface area contributed by atoms with Gasteiger partial charge in [-0.1, -0.05) is 38.3 Å². The normalized spacial score (nSPS) is 10.7. The first-order valence-electron chi connectivity index (χ1n) is 7.52. The van der Waals surface area contributed by atoms with Gasteiger partial charge in [-0.25, -0.2) is 4.99 Å². The van der Waals surface area contributed by atoms with Gasteiger partial charge in [-0.2, -0.15) is 0 Å². The molecule has 1 amide bonds. The highest BCUT2D eigenvalue weighted by atomic mass is 127. The molecule has 1 rings (SSSR count). The average molecular weight is 418 g/mol. The third-order valence-corrected chi connectivity index (χ3v) is 3.21. The second-order valence-electron chi connectivity index (χ2n) is 4.96. The summed E-state index contributed by atoms with van der Waals surface area (Å²) >= 11 is 0. The van der Waals surface area contributed by atoms with E-state index in [1.165, 1.54) is 19.3 Å². The molecular weight excluding hydrogens is 391 g/mol. The molecule has 6 heteroatoms. The summed E-state index contributed by atoms with van der Waals surface area (Å²) in [7, 11) is 1.62. The lowest BCUT2D eigenvalue weighted by molar-refractivity contribution is 0.0963. The second kappa shape index (κ2) is 12.3. The van der Waals surface area contributed by atoms with Crippen molar-refractivity contribution in [2.24, 2.45) is 10.7 Å². The fourth-order valence-electron chi connectivity index (χ4n) is 1.91.